The van der Waals surface area contributed by atoms with Crippen molar-refractivity contribution in [2.75, 3.05) is 13.7 Å². The molecule has 0 unspecified atom stereocenters. The molecule has 1 aromatic heterocycles. The van der Waals surface area contributed by atoms with E-state index in [9.17, 15) is 9.59 Å². The highest BCUT2D eigenvalue weighted by molar-refractivity contribution is 7.12. The number of hydrogen-bond donors (Lipinski definition) is 1. The summed E-state index contributed by atoms with van der Waals surface area (Å²) in [4.78, 5) is 25.1. The number of amides is 1. The highest BCUT2D eigenvalue weighted by Gasteiger charge is 2.19. The molecule has 2 aromatic rings. The SMILES string of the molecule is COc1csc(C(=O)c2ccc3c(c2)C(=O)NCCC3)c1. The summed E-state index contributed by atoms with van der Waals surface area (Å²) in [6.07, 6.45) is 1.78. The van der Waals surface area contributed by atoms with Gasteiger partial charge in [-0.3, -0.25) is 9.59 Å². The standard InChI is InChI=1S/C16H15NO3S/c1-20-12-8-14(21-9-12)15(18)11-5-4-10-3-2-6-17-16(19)13(10)7-11/h4-5,7-9H,2-3,6H2,1H3,(H,17,19). The zero-order chi connectivity index (χ0) is 14.8. The number of ketones is 1. The molecule has 108 valence electrons. The van der Waals surface area contributed by atoms with Gasteiger partial charge in [-0.2, -0.15) is 0 Å². The van der Waals surface area contributed by atoms with E-state index in [1.807, 2.05) is 6.07 Å². The summed E-state index contributed by atoms with van der Waals surface area (Å²) in [5.41, 5.74) is 2.16. The van der Waals surface area contributed by atoms with Crippen molar-refractivity contribution in [1.82, 2.24) is 5.32 Å². The highest BCUT2D eigenvalue weighted by atomic mass is 32.1. The van der Waals surface area contributed by atoms with E-state index >= 15 is 0 Å². The molecule has 0 spiro atoms. The van der Waals surface area contributed by atoms with Crippen molar-refractivity contribution in [3.8, 4) is 5.75 Å². The normalized spacial score (nSPS) is 14.0. The Morgan fingerprint density at radius 1 is 1.33 bits per heavy atom. The van der Waals surface area contributed by atoms with Crippen LogP contribution >= 0.6 is 11.3 Å². The fraction of sp³-hybridized carbons (Fsp3) is 0.250. The van der Waals surface area contributed by atoms with E-state index in [-0.39, 0.29) is 11.7 Å². The van der Waals surface area contributed by atoms with Gasteiger partial charge in [-0.1, -0.05) is 12.1 Å². The number of hydrogen-bond acceptors (Lipinski definition) is 4. The van der Waals surface area contributed by atoms with Gasteiger partial charge in [0.1, 0.15) is 5.75 Å². The lowest BCUT2D eigenvalue weighted by Crippen LogP contribution is -2.22. The van der Waals surface area contributed by atoms with Crippen LogP contribution in [0.1, 0.15) is 37.6 Å². The maximum atomic E-state index is 12.5. The Bertz CT molecular complexity index is 705. The average molecular weight is 301 g/mol. The molecule has 0 aliphatic carbocycles. The van der Waals surface area contributed by atoms with Gasteiger partial charge in [-0.15, -0.1) is 11.3 Å². The maximum Gasteiger partial charge on any atom is 0.251 e. The molecule has 4 nitrogen and oxygen atoms in total. The van der Waals surface area contributed by atoms with Gasteiger partial charge in [0.15, 0.2) is 0 Å². The van der Waals surface area contributed by atoms with Crippen molar-refractivity contribution < 1.29 is 14.3 Å². The van der Waals surface area contributed by atoms with Gasteiger partial charge in [0.25, 0.3) is 5.91 Å². The van der Waals surface area contributed by atoms with E-state index in [1.165, 1.54) is 11.3 Å². The second kappa shape index (κ2) is 5.69. The molecular formula is C16H15NO3S. The Morgan fingerprint density at radius 3 is 2.95 bits per heavy atom. The van der Waals surface area contributed by atoms with Gasteiger partial charge in [0.2, 0.25) is 5.78 Å². The summed E-state index contributed by atoms with van der Waals surface area (Å²) < 4.78 is 5.10. The molecule has 1 aliphatic rings. The predicted molar refractivity (Wildman–Crippen MR) is 81.4 cm³/mol. The van der Waals surface area contributed by atoms with Gasteiger partial charge in [-0.25, -0.2) is 0 Å². The third-order valence-electron chi connectivity index (χ3n) is 3.56. The second-order valence-electron chi connectivity index (χ2n) is 4.91. The number of fused-ring (bicyclic) bond motifs is 1. The summed E-state index contributed by atoms with van der Waals surface area (Å²) in [6.45, 7) is 0.679. The smallest absolute Gasteiger partial charge is 0.251 e. The number of carbonyl (C=O) groups is 2. The number of thiophene rings is 1. The summed E-state index contributed by atoms with van der Waals surface area (Å²) >= 11 is 1.34. The van der Waals surface area contributed by atoms with E-state index in [1.54, 1.807) is 30.7 Å². The van der Waals surface area contributed by atoms with Crippen molar-refractivity contribution in [2.45, 2.75) is 12.8 Å². The Balaban J connectivity index is 1.96. The third kappa shape index (κ3) is 2.69. The fourth-order valence-corrected chi connectivity index (χ4v) is 3.23. The lowest BCUT2D eigenvalue weighted by molar-refractivity contribution is 0.0956. The zero-order valence-electron chi connectivity index (χ0n) is 11.6. The largest absolute Gasteiger partial charge is 0.496 e. The minimum atomic E-state index is -0.0964. The lowest BCUT2D eigenvalue weighted by atomic mass is 9.98. The number of carbonyl (C=O) groups excluding carboxylic acids is 2. The first-order chi connectivity index (χ1) is 10.2. The number of ether oxygens (including phenoxy) is 1. The summed E-state index contributed by atoms with van der Waals surface area (Å²) in [7, 11) is 1.57. The monoisotopic (exact) mass is 301 g/mol. The van der Waals surface area contributed by atoms with E-state index in [4.69, 9.17) is 4.74 Å². The van der Waals surface area contributed by atoms with Crippen LogP contribution in [0.4, 0.5) is 0 Å². The van der Waals surface area contributed by atoms with Gasteiger partial charge in [0, 0.05) is 29.1 Å². The fourth-order valence-electron chi connectivity index (χ4n) is 2.41. The van der Waals surface area contributed by atoms with Gasteiger partial charge < -0.3 is 10.1 Å². The van der Waals surface area contributed by atoms with Crippen LogP contribution in [-0.4, -0.2) is 25.3 Å². The van der Waals surface area contributed by atoms with Crippen LogP contribution in [0.2, 0.25) is 0 Å². The number of aryl methyl sites for hydroxylation is 1. The average Bonchev–Trinajstić information content (AvgIpc) is 2.92. The predicted octanol–water partition coefficient (Wildman–Crippen LogP) is 2.66. The van der Waals surface area contributed by atoms with Gasteiger partial charge in [-0.05, 0) is 24.5 Å². The molecule has 0 fully saturated rings. The Kier molecular flexibility index (Phi) is 3.75. The zero-order valence-corrected chi connectivity index (χ0v) is 12.5. The second-order valence-corrected chi connectivity index (χ2v) is 5.82. The summed E-state index contributed by atoms with van der Waals surface area (Å²) in [5.74, 6) is 0.500. The van der Waals surface area contributed by atoms with Crippen molar-refractivity contribution in [3.63, 3.8) is 0 Å². The molecule has 0 atom stereocenters. The van der Waals surface area contributed by atoms with Crippen LogP contribution in [0.5, 0.6) is 5.75 Å². The Morgan fingerprint density at radius 2 is 2.19 bits per heavy atom. The molecule has 0 radical (unpaired) electrons. The molecule has 0 saturated heterocycles. The van der Waals surface area contributed by atoms with E-state index in [2.05, 4.69) is 5.32 Å². The van der Waals surface area contributed by atoms with Crippen LogP contribution in [0.3, 0.4) is 0 Å². The van der Waals surface area contributed by atoms with Crippen LogP contribution in [0, 0.1) is 0 Å². The number of nitrogens with one attached hydrogen (secondary N) is 1. The molecule has 3 rings (SSSR count). The minimum absolute atomic E-state index is 0.0804. The molecule has 1 amide bonds. The van der Waals surface area contributed by atoms with Crippen LogP contribution in [0.25, 0.3) is 0 Å². The van der Waals surface area contributed by atoms with Crippen molar-refractivity contribution >= 4 is 23.0 Å². The first-order valence-corrected chi connectivity index (χ1v) is 7.65. The molecule has 5 heteroatoms. The molecule has 21 heavy (non-hydrogen) atoms. The van der Waals surface area contributed by atoms with Gasteiger partial charge in [0.05, 0.1) is 12.0 Å². The number of rotatable bonds is 3. The third-order valence-corrected chi connectivity index (χ3v) is 4.47. The van der Waals surface area contributed by atoms with Crippen LogP contribution in [-0.2, 0) is 6.42 Å². The van der Waals surface area contributed by atoms with Crippen LogP contribution < -0.4 is 10.1 Å². The number of benzene rings is 1. The van der Waals surface area contributed by atoms with Crippen LogP contribution in [0.15, 0.2) is 29.6 Å². The molecule has 1 aromatic carbocycles. The molecule has 1 N–H and O–H groups in total. The lowest BCUT2D eigenvalue weighted by Gasteiger charge is -2.06. The highest BCUT2D eigenvalue weighted by Crippen LogP contribution is 2.25. The Labute approximate surface area is 126 Å². The first-order valence-electron chi connectivity index (χ1n) is 6.77. The van der Waals surface area contributed by atoms with E-state index in [0.717, 1.165) is 18.4 Å². The topological polar surface area (TPSA) is 55.4 Å². The number of methoxy groups -OCH3 is 1. The quantitative estimate of drug-likeness (QED) is 0.887. The van der Waals surface area contributed by atoms with Crippen molar-refractivity contribution in [3.05, 3.63) is 51.2 Å². The molecule has 0 bridgehead atoms. The first kappa shape index (κ1) is 13.8. The minimum Gasteiger partial charge on any atom is -0.496 e. The van der Waals surface area contributed by atoms with Gasteiger partial charge >= 0.3 is 0 Å². The summed E-state index contributed by atoms with van der Waals surface area (Å²) in [5, 5.41) is 4.65. The van der Waals surface area contributed by atoms with E-state index < -0.39 is 0 Å². The Hall–Kier alpha value is -2.14. The van der Waals surface area contributed by atoms with Crippen molar-refractivity contribution in [2.24, 2.45) is 0 Å². The molecule has 2 heterocycles. The summed E-state index contributed by atoms with van der Waals surface area (Å²) in [6, 6.07) is 7.10. The molecule has 0 saturated carbocycles. The van der Waals surface area contributed by atoms with Crippen molar-refractivity contribution in [1.29, 1.82) is 0 Å². The molecular weight excluding hydrogens is 286 g/mol. The maximum absolute atomic E-state index is 12.5. The molecule has 1 aliphatic heterocycles. The van der Waals surface area contributed by atoms with E-state index in [0.29, 0.717) is 28.3 Å².